The zero-order chi connectivity index (χ0) is 21.3. The molecule has 0 unspecified atom stereocenters. The number of carbonyl (C=O) groups is 1. The predicted molar refractivity (Wildman–Crippen MR) is 115 cm³/mol. The maximum atomic E-state index is 12.8. The molecule has 1 saturated heterocycles. The number of hydrogen-bond acceptors (Lipinski definition) is 6. The van der Waals surface area contributed by atoms with Gasteiger partial charge in [0.15, 0.2) is 11.5 Å². The number of H-pyrrole nitrogens is 1. The first kappa shape index (κ1) is 20.2. The topological polar surface area (TPSA) is 93.6 Å². The molecule has 1 aliphatic heterocycles. The number of aromatic nitrogens is 2. The minimum Gasteiger partial charge on any atom is -0.493 e. The Morgan fingerprint density at radius 2 is 1.87 bits per heavy atom. The van der Waals surface area contributed by atoms with Crippen LogP contribution in [0, 0.1) is 0 Å². The van der Waals surface area contributed by atoms with E-state index in [4.69, 9.17) is 9.47 Å². The fourth-order valence-corrected chi connectivity index (χ4v) is 4.72. The maximum absolute atomic E-state index is 12.8. The van der Waals surface area contributed by atoms with E-state index in [2.05, 4.69) is 4.98 Å². The normalized spacial score (nSPS) is 14.8. The molecule has 0 bridgehead atoms. The Balaban J connectivity index is 1.44. The van der Waals surface area contributed by atoms with Crippen molar-refractivity contribution in [1.82, 2.24) is 14.5 Å². The van der Waals surface area contributed by atoms with Crippen LogP contribution >= 0.6 is 11.3 Å². The molecule has 1 N–H and O–H groups in total. The molecular weight excluding hydrogens is 406 g/mol. The SMILES string of the molecule is COc1ccc(CC(=O)N2CCC(n3c(=O)[nH]c4ccsc4c3=O)CC2)cc1OC. The first-order valence-corrected chi connectivity index (χ1v) is 10.6. The first-order valence-electron chi connectivity index (χ1n) is 9.72. The fourth-order valence-electron chi connectivity index (χ4n) is 3.93. The lowest BCUT2D eigenvalue weighted by molar-refractivity contribution is -0.131. The molecule has 9 heteroatoms. The third-order valence-electron chi connectivity index (χ3n) is 5.52. The number of hydrogen-bond donors (Lipinski definition) is 1. The van der Waals surface area contributed by atoms with Gasteiger partial charge in [-0.3, -0.25) is 14.2 Å². The van der Waals surface area contributed by atoms with Crippen molar-refractivity contribution in [3.8, 4) is 11.5 Å². The van der Waals surface area contributed by atoms with Crippen molar-refractivity contribution < 1.29 is 14.3 Å². The maximum Gasteiger partial charge on any atom is 0.329 e. The van der Waals surface area contributed by atoms with Gasteiger partial charge in [0, 0.05) is 19.1 Å². The van der Waals surface area contributed by atoms with Gasteiger partial charge in [-0.05, 0) is 42.0 Å². The van der Waals surface area contributed by atoms with Gasteiger partial charge >= 0.3 is 5.69 Å². The van der Waals surface area contributed by atoms with E-state index in [-0.39, 0.29) is 29.6 Å². The summed E-state index contributed by atoms with van der Waals surface area (Å²) in [6, 6.07) is 6.97. The van der Waals surface area contributed by atoms with E-state index in [1.807, 2.05) is 6.07 Å². The van der Waals surface area contributed by atoms with Crippen LogP contribution in [0.4, 0.5) is 0 Å². The van der Waals surface area contributed by atoms with Crippen molar-refractivity contribution >= 4 is 27.5 Å². The van der Waals surface area contributed by atoms with E-state index in [0.717, 1.165) is 5.56 Å². The molecule has 3 heterocycles. The highest BCUT2D eigenvalue weighted by molar-refractivity contribution is 7.17. The van der Waals surface area contributed by atoms with Crippen molar-refractivity contribution in [1.29, 1.82) is 0 Å². The van der Waals surface area contributed by atoms with E-state index in [1.54, 1.807) is 42.7 Å². The summed E-state index contributed by atoms with van der Waals surface area (Å²) in [6.07, 6.45) is 1.39. The van der Waals surface area contributed by atoms with Gasteiger partial charge in [0.1, 0.15) is 4.70 Å². The minimum atomic E-state index is -0.388. The zero-order valence-corrected chi connectivity index (χ0v) is 17.7. The molecule has 8 nitrogen and oxygen atoms in total. The lowest BCUT2D eigenvalue weighted by Crippen LogP contribution is -2.45. The van der Waals surface area contributed by atoms with Crippen LogP contribution in [-0.2, 0) is 11.2 Å². The molecule has 0 saturated carbocycles. The number of nitrogens with zero attached hydrogens (tertiary/aromatic N) is 2. The van der Waals surface area contributed by atoms with Crippen LogP contribution in [0.25, 0.3) is 10.2 Å². The lowest BCUT2D eigenvalue weighted by atomic mass is 10.0. The van der Waals surface area contributed by atoms with Gasteiger partial charge in [-0.15, -0.1) is 11.3 Å². The summed E-state index contributed by atoms with van der Waals surface area (Å²) in [4.78, 5) is 42.5. The Morgan fingerprint density at radius 3 is 2.57 bits per heavy atom. The standard InChI is InChI=1S/C21H23N3O5S/c1-28-16-4-3-13(11-17(16)29-2)12-18(25)23-8-5-14(6-9-23)24-20(26)19-15(7-10-30-19)22-21(24)27/h3-4,7,10-11,14H,5-6,8-9,12H2,1-2H3,(H,22,27). The third kappa shape index (κ3) is 3.72. The largest absolute Gasteiger partial charge is 0.493 e. The molecule has 1 aromatic carbocycles. The fraction of sp³-hybridized carbons (Fsp3) is 0.381. The summed E-state index contributed by atoms with van der Waals surface area (Å²) in [7, 11) is 3.13. The number of nitrogens with one attached hydrogen (secondary N) is 1. The van der Waals surface area contributed by atoms with Crippen LogP contribution in [-0.4, -0.2) is 47.7 Å². The van der Waals surface area contributed by atoms with E-state index >= 15 is 0 Å². The highest BCUT2D eigenvalue weighted by Crippen LogP contribution is 2.28. The Morgan fingerprint density at radius 1 is 1.13 bits per heavy atom. The average molecular weight is 429 g/mol. The van der Waals surface area contributed by atoms with E-state index in [1.165, 1.54) is 15.9 Å². The molecule has 0 atom stereocenters. The summed E-state index contributed by atoms with van der Waals surface area (Å²) < 4.78 is 12.4. The van der Waals surface area contributed by atoms with Crippen LogP contribution in [0.1, 0.15) is 24.4 Å². The van der Waals surface area contributed by atoms with Crippen LogP contribution < -0.4 is 20.7 Å². The summed E-state index contributed by atoms with van der Waals surface area (Å²) in [5.74, 6) is 1.22. The molecule has 0 radical (unpaired) electrons. The number of benzene rings is 1. The number of piperidine rings is 1. The van der Waals surface area contributed by atoms with Crippen molar-refractivity contribution in [2.75, 3.05) is 27.3 Å². The number of fused-ring (bicyclic) bond motifs is 1. The minimum absolute atomic E-state index is 0.00985. The van der Waals surface area contributed by atoms with Crippen molar-refractivity contribution in [3.05, 3.63) is 56.0 Å². The molecule has 0 spiro atoms. The van der Waals surface area contributed by atoms with E-state index in [0.29, 0.717) is 47.6 Å². The highest BCUT2D eigenvalue weighted by atomic mass is 32.1. The molecule has 4 rings (SSSR count). The summed E-state index contributed by atoms with van der Waals surface area (Å²) >= 11 is 1.33. The number of carbonyl (C=O) groups excluding carboxylic acids is 1. The van der Waals surface area contributed by atoms with Gasteiger partial charge in [-0.1, -0.05) is 6.07 Å². The van der Waals surface area contributed by atoms with E-state index in [9.17, 15) is 14.4 Å². The molecule has 1 fully saturated rings. The monoisotopic (exact) mass is 429 g/mol. The Labute approximate surface area is 176 Å². The number of rotatable bonds is 5. The molecule has 30 heavy (non-hydrogen) atoms. The zero-order valence-electron chi connectivity index (χ0n) is 16.8. The van der Waals surface area contributed by atoms with Gasteiger partial charge in [-0.2, -0.15) is 0 Å². The number of aromatic amines is 1. The second-order valence-electron chi connectivity index (χ2n) is 7.25. The summed E-state index contributed by atoms with van der Waals surface area (Å²) in [5, 5.41) is 1.79. The van der Waals surface area contributed by atoms with Gasteiger partial charge < -0.3 is 19.4 Å². The van der Waals surface area contributed by atoms with Gasteiger partial charge in [0.05, 0.1) is 26.2 Å². The summed E-state index contributed by atoms with van der Waals surface area (Å²) in [5.41, 5.74) is 0.782. The second-order valence-corrected chi connectivity index (χ2v) is 8.16. The van der Waals surface area contributed by atoms with Crippen molar-refractivity contribution in [2.24, 2.45) is 0 Å². The predicted octanol–water partition coefficient (Wildman–Crippen LogP) is 2.17. The number of thiophene rings is 1. The van der Waals surface area contributed by atoms with Crippen LogP contribution in [0.15, 0.2) is 39.2 Å². The Hall–Kier alpha value is -3.07. The molecule has 1 aliphatic rings. The summed E-state index contributed by atoms with van der Waals surface area (Å²) in [6.45, 7) is 1.01. The van der Waals surface area contributed by atoms with Crippen LogP contribution in [0.5, 0.6) is 11.5 Å². The van der Waals surface area contributed by atoms with Gasteiger partial charge in [0.25, 0.3) is 5.56 Å². The molecule has 1 amide bonds. The molecule has 158 valence electrons. The average Bonchev–Trinajstić information content (AvgIpc) is 3.22. The van der Waals surface area contributed by atoms with Crippen LogP contribution in [0.2, 0.25) is 0 Å². The van der Waals surface area contributed by atoms with Crippen molar-refractivity contribution in [2.45, 2.75) is 25.3 Å². The smallest absolute Gasteiger partial charge is 0.329 e. The second kappa shape index (κ2) is 8.35. The molecule has 3 aromatic rings. The number of likely N-dealkylation sites (tertiary alicyclic amines) is 1. The number of methoxy groups -OCH3 is 2. The number of ether oxygens (including phenoxy) is 2. The Bertz CT molecular complexity index is 1190. The van der Waals surface area contributed by atoms with Gasteiger partial charge in [-0.25, -0.2) is 4.79 Å². The van der Waals surface area contributed by atoms with Crippen LogP contribution in [0.3, 0.4) is 0 Å². The lowest BCUT2D eigenvalue weighted by Gasteiger charge is -2.32. The number of amides is 1. The van der Waals surface area contributed by atoms with Gasteiger partial charge in [0.2, 0.25) is 5.91 Å². The third-order valence-corrected chi connectivity index (χ3v) is 6.43. The quantitative estimate of drug-likeness (QED) is 0.671. The first-order chi connectivity index (χ1) is 14.5. The molecular formula is C21H23N3O5S. The molecule has 0 aliphatic carbocycles. The molecule has 2 aromatic heterocycles. The Kier molecular flexibility index (Phi) is 5.63. The highest BCUT2D eigenvalue weighted by Gasteiger charge is 2.26. The van der Waals surface area contributed by atoms with E-state index < -0.39 is 0 Å². The van der Waals surface area contributed by atoms with Crippen molar-refractivity contribution in [3.63, 3.8) is 0 Å².